The number of ether oxygens (including phenoxy) is 1. The fourth-order valence-electron chi connectivity index (χ4n) is 1.69. The van der Waals surface area contributed by atoms with Gasteiger partial charge in [0.05, 0.1) is 28.2 Å². The molecule has 2 rings (SSSR count). The lowest BCUT2D eigenvalue weighted by molar-refractivity contribution is 0.0784. The minimum atomic E-state index is -3.59. The fourth-order valence-corrected chi connectivity index (χ4v) is 3.16. The van der Waals surface area contributed by atoms with Crippen molar-refractivity contribution in [2.75, 3.05) is 26.3 Å². The largest absolute Gasteiger partial charge is 0.378 e. The number of morpholine rings is 1. The number of hydrogen-bond acceptors (Lipinski definition) is 4. The molecule has 1 fully saturated rings. The number of rotatable bonds is 4. The highest BCUT2D eigenvalue weighted by atomic mass is 35.5. The third kappa shape index (κ3) is 4.05. The lowest BCUT2D eigenvalue weighted by atomic mass is 10.3. The molecule has 106 valence electrons. The molecule has 5 nitrogen and oxygen atoms in total. The van der Waals surface area contributed by atoms with Gasteiger partial charge >= 0.3 is 0 Å². The molecule has 0 saturated carbocycles. The Balaban J connectivity index is 2.02. The molecule has 0 radical (unpaired) electrons. The lowest BCUT2D eigenvalue weighted by Crippen LogP contribution is -2.48. The molecule has 1 aliphatic rings. The maximum Gasteiger partial charge on any atom is 0.240 e. The third-order valence-corrected chi connectivity index (χ3v) is 4.88. The Labute approximate surface area is 122 Å². The first kappa shape index (κ1) is 15.0. The van der Waals surface area contributed by atoms with Crippen molar-refractivity contribution in [2.24, 2.45) is 0 Å². The van der Waals surface area contributed by atoms with Crippen molar-refractivity contribution in [3.05, 3.63) is 28.2 Å². The Morgan fingerprint density at radius 3 is 2.79 bits per heavy atom. The Hall–Kier alpha value is -0.370. The molecular weight excluding hydrogens is 311 g/mol. The number of hydrogen-bond donors (Lipinski definition) is 2. The molecule has 1 aromatic rings. The Bertz CT molecular complexity index is 545. The molecule has 0 bridgehead atoms. The quantitative estimate of drug-likeness (QED) is 0.875. The highest BCUT2D eigenvalue weighted by molar-refractivity contribution is 7.89. The maximum atomic E-state index is 12.1. The third-order valence-electron chi connectivity index (χ3n) is 2.72. The molecule has 1 aliphatic heterocycles. The molecule has 0 spiro atoms. The molecule has 1 aromatic carbocycles. The molecule has 1 atom stereocenters. The van der Waals surface area contributed by atoms with Crippen molar-refractivity contribution < 1.29 is 13.2 Å². The Kier molecular flexibility index (Phi) is 5.05. The summed E-state index contributed by atoms with van der Waals surface area (Å²) in [5, 5.41) is 3.70. The average Bonchev–Trinajstić information content (AvgIpc) is 2.41. The first-order chi connectivity index (χ1) is 8.99. The number of benzene rings is 1. The summed E-state index contributed by atoms with van der Waals surface area (Å²) in [6.07, 6.45) is 0. The van der Waals surface area contributed by atoms with E-state index in [1.54, 1.807) is 0 Å². The molecule has 8 heteroatoms. The van der Waals surface area contributed by atoms with Crippen LogP contribution < -0.4 is 10.0 Å². The van der Waals surface area contributed by atoms with Crippen LogP contribution >= 0.6 is 23.2 Å². The second-order valence-corrected chi connectivity index (χ2v) is 6.74. The molecule has 0 aromatic heterocycles. The summed E-state index contributed by atoms with van der Waals surface area (Å²) in [6.45, 7) is 2.13. The fraction of sp³-hybridized carbons (Fsp3) is 0.455. The second-order valence-electron chi connectivity index (χ2n) is 4.15. The van der Waals surface area contributed by atoms with Gasteiger partial charge in [0.1, 0.15) is 0 Å². The normalized spacial score (nSPS) is 20.4. The van der Waals surface area contributed by atoms with Gasteiger partial charge in [-0.05, 0) is 18.2 Å². The van der Waals surface area contributed by atoms with E-state index >= 15 is 0 Å². The first-order valence-electron chi connectivity index (χ1n) is 5.75. The summed E-state index contributed by atoms with van der Waals surface area (Å²) in [5.41, 5.74) is 0. The summed E-state index contributed by atoms with van der Waals surface area (Å²) < 4.78 is 31.9. The van der Waals surface area contributed by atoms with Gasteiger partial charge in [-0.1, -0.05) is 23.2 Å². The van der Waals surface area contributed by atoms with E-state index in [1.165, 1.54) is 18.2 Å². The smallest absolute Gasteiger partial charge is 0.240 e. The van der Waals surface area contributed by atoms with E-state index < -0.39 is 10.0 Å². The van der Waals surface area contributed by atoms with E-state index in [4.69, 9.17) is 27.9 Å². The standard InChI is InChI=1S/C11H14Cl2N2O3S/c12-10-2-1-9(5-11(10)13)19(16,17)15-6-8-7-18-4-3-14-8/h1-2,5,8,14-15H,3-4,6-7H2. The molecule has 19 heavy (non-hydrogen) atoms. The van der Waals surface area contributed by atoms with Crippen LogP contribution in [-0.4, -0.2) is 40.8 Å². The summed E-state index contributed by atoms with van der Waals surface area (Å²) in [4.78, 5) is 0.0960. The molecule has 0 amide bonds. The van der Waals surface area contributed by atoms with Gasteiger partial charge in [0.15, 0.2) is 0 Å². The summed E-state index contributed by atoms with van der Waals surface area (Å²) in [5.74, 6) is 0. The topological polar surface area (TPSA) is 67.4 Å². The van der Waals surface area contributed by atoms with Crippen molar-refractivity contribution in [3.63, 3.8) is 0 Å². The maximum absolute atomic E-state index is 12.1. The van der Waals surface area contributed by atoms with Gasteiger partial charge < -0.3 is 10.1 Å². The molecule has 1 saturated heterocycles. The lowest BCUT2D eigenvalue weighted by Gasteiger charge is -2.23. The second kappa shape index (κ2) is 6.39. The highest BCUT2D eigenvalue weighted by Crippen LogP contribution is 2.24. The summed E-state index contributed by atoms with van der Waals surface area (Å²) in [6, 6.07) is 4.19. The monoisotopic (exact) mass is 324 g/mol. The number of nitrogens with one attached hydrogen (secondary N) is 2. The average molecular weight is 325 g/mol. The predicted octanol–water partition coefficient (Wildman–Crippen LogP) is 1.26. The Morgan fingerprint density at radius 1 is 1.37 bits per heavy atom. The van der Waals surface area contributed by atoms with Gasteiger partial charge in [0.2, 0.25) is 10.0 Å². The van der Waals surface area contributed by atoms with E-state index in [9.17, 15) is 8.42 Å². The minimum Gasteiger partial charge on any atom is -0.378 e. The van der Waals surface area contributed by atoms with Crippen LogP contribution in [0.3, 0.4) is 0 Å². The van der Waals surface area contributed by atoms with E-state index in [0.717, 1.165) is 6.54 Å². The van der Waals surface area contributed by atoms with Crippen molar-refractivity contribution in [2.45, 2.75) is 10.9 Å². The van der Waals surface area contributed by atoms with Crippen LogP contribution in [0.4, 0.5) is 0 Å². The van der Waals surface area contributed by atoms with Crippen LogP contribution in [0.1, 0.15) is 0 Å². The zero-order valence-corrected chi connectivity index (χ0v) is 12.4. The van der Waals surface area contributed by atoms with Crippen molar-refractivity contribution >= 4 is 33.2 Å². The molecule has 0 aliphatic carbocycles. The molecule has 1 unspecified atom stereocenters. The van der Waals surface area contributed by atoms with Gasteiger partial charge in [-0.2, -0.15) is 0 Å². The van der Waals surface area contributed by atoms with Gasteiger partial charge in [0.25, 0.3) is 0 Å². The van der Waals surface area contributed by atoms with Crippen LogP contribution in [0.2, 0.25) is 10.0 Å². The Morgan fingerprint density at radius 2 is 2.16 bits per heavy atom. The van der Waals surface area contributed by atoms with Crippen molar-refractivity contribution in [1.29, 1.82) is 0 Å². The molecule has 1 heterocycles. The van der Waals surface area contributed by atoms with Crippen LogP contribution in [0, 0.1) is 0 Å². The van der Waals surface area contributed by atoms with Gasteiger partial charge in [-0.3, -0.25) is 0 Å². The van der Waals surface area contributed by atoms with Crippen LogP contribution in [0.15, 0.2) is 23.1 Å². The molecule has 2 N–H and O–H groups in total. The van der Waals surface area contributed by atoms with Crippen molar-refractivity contribution in [1.82, 2.24) is 10.0 Å². The number of sulfonamides is 1. The molecular formula is C11H14Cl2N2O3S. The SMILES string of the molecule is O=S(=O)(NCC1COCCN1)c1ccc(Cl)c(Cl)c1. The zero-order valence-electron chi connectivity index (χ0n) is 10.0. The van der Waals surface area contributed by atoms with Crippen LogP contribution in [0.5, 0.6) is 0 Å². The summed E-state index contributed by atoms with van der Waals surface area (Å²) in [7, 11) is -3.59. The highest BCUT2D eigenvalue weighted by Gasteiger charge is 2.19. The van der Waals surface area contributed by atoms with Gasteiger partial charge in [-0.25, -0.2) is 13.1 Å². The minimum absolute atomic E-state index is 0.0219. The summed E-state index contributed by atoms with van der Waals surface area (Å²) >= 11 is 11.6. The van der Waals surface area contributed by atoms with Crippen LogP contribution in [0.25, 0.3) is 0 Å². The van der Waals surface area contributed by atoms with E-state index in [1.807, 2.05) is 0 Å². The zero-order chi connectivity index (χ0) is 13.9. The first-order valence-corrected chi connectivity index (χ1v) is 7.99. The van der Waals surface area contributed by atoms with E-state index in [-0.39, 0.29) is 22.5 Å². The predicted molar refractivity (Wildman–Crippen MR) is 74.3 cm³/mol. The van der Waals surface area contributed by atoms with Crippen LogP contribution in [-0.2, 0) is 14.8 Å². The van der Waals surface area contributed by atoms with Gasteiger partial charge in [-0.15, -0.1) is 0 Å². The van der Waals surface area contributed by atoms with E-state index in [2.05, 4.69) is 10.0 Å². The van der Waals surface area contributed by atoms with Crippen molar-refractivity contribution in [3.8, 4) is 0 Å². The number of halogens is 2. The van der Waals surface area contributed by atoms with E-state index in [0.29, 0.717) is 18.2 Å². The van der Waals surface area contributed by atoms with Gasteiger partial charge in [0, 0.05) is 19.1 Å².